The molecule has 0 radical (unpaired) electrons. The van der Waals surface area contributed by atoms with E-state index < -0.39 is 0 Å². The van der Waals surface area contributed by atoms with Gasteiger partial charge < -0.3 is 19.1 Å². The molecule has 274 valence electrons. The molecule has 4 heterocycles. The van der Waals surface area contributed by atoms with Crippen LogP contribution in [0.4, 0.5) is 5.69 Å². The quantitative estimate of drug-likeness (QED) is 0.148. The van der Waals surface area contributed by atoms with Gasteiger partial charge in [-0.1, -0.05) is 105 Å². The molecule has 8 nitrogen and oxygen atoms in total. The van der Waals surface area contributed by atoms with E-state index in [1.165, 1.54) is 5.56 Å². The largest absolute Gasteiger partial charge is 0.510 e. The molecule has 0 unspecified atom stereocenters. The van der Waals surface area contributed by atoms with Gasteiger partial charge in [-0.2, -0.15) is 12.7 Å². The Morgan fingerprint density at radius 2 is 1.35 bits per heavy atom. The maximum Gasteiger partial charge on any atom is 0.162 e. The van der Waals surface area contributed by atoms with Crippen molar-refractivity contribution in [3.05, 3.63) is 164 Å². The summed E-state index contributed by atoms with van der Waals surface area (Å²) in [6.45, 7) is 8.62. The monoisotopic (exact) mass is 897 g/mol. The van der Waals surface area contributed by atoms with Gasteiger partial charge in [0.2, 0.25) is 0 Å². The van der Waals surface area contributed by atoms with Gasteiger partial charge in [-0.15, -0.1) is 41.4 Å². The van der Waals surface area contributed by atoms with Gasteiger partial charge in [0.25, 0.3) is 0 Å². The Morgan fingerprint density at radius 3 is 2.02 bits per heavy atom. The molecule has 9 heteroatoms. The Morgan fingerprint density at radius 1 is 0.673 bits per heavy atom. The first kappa shape index (κ1) is 35.9. The van der Waals surface area contributed by atoms with E-state index in [0.717, 1.165) is 44.4 Å². The zero-order valence-corrected chi connectivity index (χ0v) is 33.0. The van der Waals surface area contributed by atoms with Gasteiger partial charge in [-0.05, 0) is 59.6 Å². The molecule has 0 saturated carbocycles. The minimum Gasteiger partial charge on any atom is -0.510 e. The van der Waals surface area contributed by atoms with Crippen LogP contribution in [-0.4, -0.2) is 36.5 Å². The second-order valence-corrected chi connectivity index (χ2v) is 14.3. The zero-order chi connectivity index (χ0) is 36.8. The van der Waals surface area contributed by atoms with Crippen LogP contribution in [0.1, 0.15) is 26.3 Å². The Bertz CT molecular complexity index is 2630. The molecule has 3 aromatic heterocycles. The Labute approximate surface area is 335 Å². The van der Waals surface area contributed by atoms with Crippen LogP contribution in [0, 0.1) is 18.8 Å². The van der Waals surface area contributed by atoms with Gasteiger partial charge in [0.05, 0.1) is 0 Å². The number of pyridine rings is 1. The summed E-state index contributed by atoms with van der Waals surface area (Å²) in [7, 11) is 1.99. The van der Waals surface area contributed by atoms with Gasteiger partial charge in [0.15, 0.2) is 11.6 Å². The fraction of sp³-hybridized carbons (Fsp3) is 0.109. The van der Waals surface area contributed by atoms with Crippen molar-refractivity contribution in [2.24, 2.45) is 0 Å². The first-order valence-electron chi connectivity index (χ1n) is 17.9. The molecule has 0 saturated heterocycles. The maximum absolute atomic E-state index is 6.83. The predicted octanol–water partition coefficient (Wildman–Crippen LogP) is 10.4. The summed E-state index contributed by atoms with van der Waals surface area (Å²) in [5, 5.41) is 2.02. The second-order valence-electron chi connectivity index (χ2n) is 14.3. The number of ether oxygens (including phenoxy) is 1. The van der Waals surface area contributed by atoms with E-state index >= 15 is 0 Å². The van der Waals surface area contributed by atoms with Crippen molar-refractivity contribution in [2.75, 3.05) is 11.9 Å². The van der Waals surface area contributed by atoms with Crippen LogP contribution in [0.3, 0.4) is 0 Å². The van der Waals surface area contributed by atoms with E-state index in [4.69, 9.17) is 24.7 Å². The molecule has 0 aliphatic carbocycles. The van der Waals surface area contributed by atoms with Crippen molar-refractivity contribution in [1.82, 2.24) is 29.4 Å². The van der Waals surface area contributed by atoms with Crippen LogP contribution >= 0.6 is 0 Å². The molecular weight excluding hydrogens is 862 g/mol. The number of benzene rings is 5. The molecule has 5 aromatic carbocycles. The first-order valence-corrected chi connectivity index (χ1v) is 17.9. The van der Waals surface area contributed by atoms with Crippen LogP contribution < -0.4 is 9.64 Å². The number of rotatable bonds is 7. The van der Waals surface area contributed by atoms with Gasteiger partial charge in [-0.3, -0.25) is 0 Å². The van der Waals surface area contributed by atoms with Gasteiger partial charge in [0.1, 0.15) is 11.6 Å². The SMILES string of the molecule is CN1C=CN(c2[c-]c(Oc3[c-]c4c(cc3-c3nc(-c5ccccc5)nc(-c5ccccc5)n3)c3ccccc3n4-c3cc(C(C)(C)C)ccn3)ccc2)[CH-]1.[Pt]. The molecule has 9 rings (SSSR count). The van der Waals surface area contributed by atoms with Crippen LogP contribution in [0.2, 0.25) is 0 Å². The summed E-state index contributed by atoms with van der Waals surface area (Å²) in [6.07, 6.45) is 5.85. The molecule has 0 atom stereocenters. The van der Waals surface area contributed by atoms with E-state index in [-0.39, 0.29) is 26.5 Å². The van der Waals surface area contributed by atoms with Crippen molar-refractivity contribution in [1.29, 1.82) is 0 Å². The predicted molar refractivity (Wildman–Crippen MR) is 215 cm³/mol. The first-order chi connectivity index (χ1) is 26.3. The summed E-state index contributed by atoms with van der Waals surface area (Å²) in [6, 6.07) is 47.7. The van der Waals surface area contributed by atoms with E-state index in [0.29, 0.717) is 34.5 Å². The summed E-state index contributed by atoms with van der Waals surface area (Å²) >= 11 is 0. The number of para-hydroxylation sites is 1. The number of anilines is 1. The third-order valence-corrected chi connectivity index (χ3v) is 9.47. The van der Waals surface area contributed by atoms with E-state index in [1.54, 1.807) is 0 Å². The Hall–Kier alpha value is -6.11. The zero-order valence-electron chi connectivity index (χ0n) is 30.7. The second kappa shape index (κ2) is 14.6. The van der Waals surface area contributed by atoms with Crippen LogP contribution in [0.5, 0.6) is 11.5 Å². The average Bonchev–Trinajstić information content (AvgIpc) is 3.78. The normalized spacial score (nSPS) is 12.7. The standard InChI is InChI=1S/C46H36N7O.Pt/c1-46(2,3)33-22-23-47-42(26-33)53-39-21-12-11-20-36(39)37-28-38(41(29-40(37)53)54-35-19-13-18-34(27-35)52-25-24-51(4)30-52)45-49-43(31-14-7-5-8-15-31)48-44(50-45)32-16-9-6-10-17-32;/h5-26,28,30H,1-4H3;/q-3;. The van der Waals surface area contributed by atoms with Gasteiger partial charge in [0, 0.05) is 55.4 Å². The van der Waals surface area contributed by atoms with E-state index in [2.05, 4.69) is 79.9 Å². The molecule has 0 amide bonds. The fourth-order valence-corrected chi connectivity index (χ4v) is 6.69. The fourth-order valence-electron chi connectivity index (χ4n) is 6.69. The summed E-state index contributed by atoms with van der Waals surface area (Å²) < 4.78 is 8.99. The van der Waals surface area contributed by atoms with E-state index in [9.17, 15) is 0 Å². The Kier molecular flexibility index (Phi) is 9.54. The number of hydrogen-bond acceptors (Lipinski definition) is 7. The summed E-state index contributed by atoms with van der Waals surface area (Å²) in [5.74, 6) is 3.37. The van der Waals surface area contributed by atoms with Crippen molar-refractivity contribution < 1.29 is 25.8 Å². The van der Waals surface area contributed by atoms with Gasteiger partial charge in [-0.25, -0.2) is 19.9 Å². The topological polar surface area (TPSA) is 72.2 Å². The minimum absolute atomic E-state index is 0. The van der Waals surface area contributed by atoms with Gasteiger partial charge >= 0.3 is 0 Å². The number of hydrogen-bond donors (Lipinski definition) is 0. The molecule has 8 aromatic rings. The number of aromatic nitrogens is 5. The van der Waals surface area contributed by atoms with Crippen LogP contribution in [0.15, 0.2) is 140 Å². The van der Waals surface area contributed by atoms with E-state index in [1.807, 2.05) is 121 Å². The molecule has 0 fully saturated rings. The van der Waals surface area contributed by atoms with Crippen molar-refractivity contribution in [3.8, 4) is 51.5 Å². The summed E-state index contributed by atoms with van der Waals surface area (Å²) in [5.41, 5.74) is 6.22. The maximum atomic E-state index is 6.83. The van der Waals surface area contributed by atoms with Crippen molar-refractivity contribution in [2.45, 2.75) is 26.2 Å². The molecule has 0 N–H and O–H groups in total. The third-order valence-electron chi connectivity index (χ3n) is 9.47. The number of nitrogens with zero attached hydrogens (tertiary/aromatic N) is 7. The number of fused-ring (bicyclic) bond motifs is 3. The molecule has 55 heavy (non-hydrogen) atoms. The third kappa shape index (κ3) is 7.02. The van der Waals surface area contributed by atoms with Crippen molar-refractivity contribution in [3.63, 3.8) is 0 Å². The Balaban J connectivity index is 0.00000427. The molecule has 1 aliphatic heterocycles. The average molecular weight is 898 g/mol. The minimum atomic E-state index is -0.0647. The molecule has 0 spiro atoms. The van der Waals surface area contributed by atoms with Crippen LogP contribution in [0.25, 0.3) is 61.8 Å². The molecule has 0 bridgehead atoms. The molecular formula is C46H36N7OPt-3. The summed E-state index contributed by atoms with van der Waals surface area (Å²) in [4.78, 5) is 24.0. The van der Waals surface area contributed by atoms with Crippen molar-refractivity contribution >= 4 is 27.5 Å². The van der Waals surface area contributed by atoms with Crippen LogP contribution in [-0.2, 0) is 26.5 Å². The molecule has 1 aliphatic rings. The smallest absolute Gasteiger partial charge is 0.162 e.